The molecule has 1 aromatic rings. The molecule has 1 aromatic heterocycles. The standard InChI is InChI=1S/C11H20N2S/c1-5-12-9(3)8(2)6-11-7-14-10(4)13-11/h7-9,12H,5-6H2,1-4H3. The molecule has 80 valence electrons. The maximum absolute atomic E-state index is 4.48. The predicted octanol–water partition coefficient (Wildman–Crippen LogP) is 2.63. The highest BCUT2D eigenvalue weighted by molar-refractivity contribution is 7.09. The molecule has 3 heteroatoms. The second-order valence-electron chi connectivity index (χ2n) is 3.89. The van der Waals surface area contributed by atoms with Gasteiger partial charge in [0.05, 0.1) is 10.7 Å². The summed E-state index contributed by atoms with van der Waals surface area (Å²) in [5, 5.41) is 6.79. The Morgan fingerprint density at radius 3 is 2.71 bits per heavy atom. The molecular formula is C11H20N2S. The van der Waals surface area contributed by atoms with E-state index in [2.05, 4.69) is 43.4 Å². The molecule has 1 rings (SSSR count). The van der Waals surface area contributed by atoms with E-state index in [0.29, 0.717) is 12.0 Å². The van der Waals surface area contributed by atoms with Gasteiger partial charge in [-0.3, -0.25) is 0 Å². The van der Waals surface area contributed by atoms with Gasteiger partial charge in [-0.25, -0.2) is 4.98 Å². The Labute approximate surface area is 90.8 Å². The number of thiazole rings is 1. The van der Waals surface area contributed by atoms with Gasteiger partial charge < -0.3 is 5.32 Å². The highest BCUT2D eigenvalue weighted by Crippen LogP contribution is 2.14. The molecule has 0 radical (unpaired) electrons. The zero-order valence-electron chi connectivity index (χ0n) is 9.50. The number of nitrogens with one attached hydrogen (secondary N) is 1. The lowest BCUT2D eigenvalue weighted by atomic mass is 9.98. The Hall–Kier alpha value is -0.410. The molecule has 1 N–H and O–H groups in total. The van der Waals surface area contributed by atoms with Crippen LogP contribution in [0.1, 0.15) is 31.5 Å². The van der Waals surface area contributed by atoms with Crippen molar-refractivity contribution in [2.24, 2.45) is 5.92 Å². The number of hydrogen-bond donors (Lipinski definition) is 1. The number of aromatic nitrogens is 1. The van der Waals surface area contributed by atoms with Crippen molar-refractivity contribution in [1.82, 2.24) is 10.3 Å². The molecule has 1 heterocycles. The van der Waals surface area contributed by atoms with Crippen LogP contribution in [0.15, 0.2) is 5.38 Å². The molecule has 0 saturated carbocycles. The first-order valence-corrected chi connectivity index (χ1v) is 6.15. The fourth-order valence-corrected chi connectivity index (χ4v) is 2.16. The van der Waals surface area contributed by atoms with Crippen LogP contribution in [0.4, 0.5) is 0 Å². The number of aryl methyl sites for hydroxylation is 1. The van der Waals surface area contributed by atoms with E-state index in [-0.39, 0.29) is 0 Å². The van der Waals surface area contributed by atoms with Gasteiger partial charge in [0.2, 0.25) is 0 Å². The molecule has 0 aliphatic carbocycles. The highest BCUT2D eigenvalue weighted by Gasteiger charge is 2.12. The third-order valence-electron chi connectivity index (χ3n) is 2.58. The van der Waals surface area contributed by atoms with Gasteiger partial charge in [0.25, 0.3) is 0 Å². The summed E-state index contributed by atoms with van der Waals surface area (Å²) in [5.41, 5.74) is 1.24. The summed E-state index contributed by atoms with van der Waals surface area (Å²) in [7, 11) is 0. The van der Waals surface area contributed by atoms with E-state index in [1.54, 1.807) is 11.3 Å². The highest BCUT2D eigenvalue weighted by atomic mass is 32.1. The average Bonchev–Trinajstić information content (AvgIpc) is 2.51. The number of rotatable bonds is 5. The van der Waals surface area contributed by atoms with E-state index in [9.17, 15) is 0 Å². The zero-order chi connectivity index (χ0) is 10.6. The van der Waals surface area contributed by atoms with E-state index in [1.165, 1.54) is 10.7 Å². The van der Waals surface area contributed by atoms with Crippen molar-refractivity contribution in [3.63, 3.8) is 0 Å². The van der Waals surface area contributed by atoms with Crippen molar-refractivity contribution < 1.29 is 0 Å². The molecule has 0 bridgehead atoms. The van der Waals surface area contributed by atoms with Gasteiger partial charge in [-0.1, -0.05) is 13.8 Å². The van der Waals surface area contributed by atoms with Gasteiger partial charge in [0.1, 0.15) is 0 Å². The lowest BCUT2D eigenvalue weighted by molar-refractivity contribution is 0.404. The Morgan fingerprint density at radius 2 is 2.21 bits per heavy atom. The first-order chi connectivity index (χ1) is 6.63. The minimum Gasteiger partial charge on any atom is -0.314 e. The molecule has 2 unspecified atom stereocenters. The van der Waals surface area contributed by atoms with Gasteiger partial charge >= 0.3 is 0 Å². The molecule has 0 fully saturated rings. The van der Waals surface area contributed by atoms with Crippen LogP contribution in [0.2, 0.25) is 0 Å². The molecule has 2 atom stereocenters. The van der Waals surface area contributed by atoms with Crippen LogP contribution in [0, 0.1) is 12.8 Å². The van der Waals surface area contributed by atoms with Crippen molar-refractivity contribution in [2.45, 2.75) is 40.2 Å². The Kier molecular flexibility index (Phi) is 4.55. The molecule has 0 spiro atoms. The van der Waals surface area contributed by atoms with Gasteiger partial charge in [-0.2, -0.15) is 0 Å². The third-order valence-corrected chi connectivity index (χ3v) is 3.40. The molecular weight excluding hydrogens is 192 g/mol. The smallest absolute Gasteiger partial charge is 0.0897 e. The molecule has 14 heavy (non-hydrogen) atoms. The van der Waals surface area contributed by atoms with Crippen LogP contribution in [-0.4, -0.2) is 17.6 Å². The van der Waals surface area contributed by atoms with Gasteiger partial charge in [0.15, 0.2) is 0 Å². The zero-order valence-corrected chi connectivity index (χ0v) is 10.3. The molecule has 2 nitrogen and oxygen atoms in total. The Morgan fingerprint density at radius 1 is 1.50 bits per heavy atom. The summed E-state index contributed by atoms with van der Waals surface area (Å²) < 4.78 is 0. The van der Waals surface area contributed by atoms with E-state index in [0.717, 1.165) is 13.0 Å². The number of nitrogens with zero attached hydrogens (tertiary/aromatic N) is 1. The predicted molar refractivity (Wildman–Crippen MR) is 62.9 cm³/mol. The monoisotopic (exact) mass is 212 g/mol. The minimum absolute atomic E-state index is 0.571. The summed E-state index contributed by atoms with van der Waals surface area (Å²) in [6.45, 7) is 9.78. The van der Waals surface area contributed by atoms with Crippen molar-refractivity contribution >= 4 is 11.3 Å². The summed E-state index contributed by atoms with van der Waals surface area (Å²) in [6, 6.07) is 0.571. The van der Waals surface area contributed by atoms with Crippen LogP contribution in [0.5, 0.6) is 0 Å². The van der Waals surface area contributed by atoms with E-state index < -0.39 is 0 Å². The van der Waals surface area contributed by atoms with Crippen LogP contribution in [-0.2, 0) is 6.42 Å². The second kappa shape index (κ2) is 5.47. The Bertz CT molecular complexity index is 270. The maximum Gasteiger partial charge on any atom is 0.0897 e. The van der Waals surface area contributed by atoms with Crippen LogP contribution in [0.3, 0.4) is 0 Å². The molecule has 0 aromatic carbocycles. The van der Waals surface area contributed by atoms with Crippen LogP contribution >= 0.6 is 11.3 Å². The first-order valence-electron chi connectivity index (χ1n) is 5.27. The fraction of sp³-hybridized carbons (Fsp3) is 0.727. The van der Waals surface area contributed by atoms with Crippen LogP contribution < -0.4 is 5.32 Å². The molecule has 0 saturated heterocycles. The minimum atomic E-state index is 0.571. The summed E-state index contributed by atoms with van der Waals surface area (Å²) in [4.78, 5) is 4.48. The normalized spacial score (nSPS) is 15.4. The topological polar surface area (TPSA) is 24.9 Å². The maximum atomic E-state index is 4.48. The summed E-state index contributed by atoms with van der Waals surface area (Å²) in [6.07, 6.45) is 1.08. The Balaban J connectivity index is 2.43. The van der Waals surface area contributed by atoms with Crippen molar-refractivity contribution in [2.75, 3.05) is 6.54 Å². The number of hydrogen-bond acceptors (Lipinski definition) is 3. The second-order valence-corrected chi connectivity index (χ2v) is 4.95. The van der Waals surface area contributed by atoms with E-state index in [4.69, 9.17) is 0 Å². The summed E-state index contributed by atoms with van der Waals surface area (Å²) in [5.74, 6) is 0.649. The lowest BCUT2D eigenvalue weighted by Crippen LogP contribution is -2.32. The van der Waals surface area contributed by atoms with E-state index >= 15 is 0 Å². The largest absolute Gasteiger partial charge is 0.314 e. The van der Waals surface area contributed by atoms with Gasteiger partial charge in [-0.05, 0) is 32.7 Å². The van der Waals surface area contributed by atoms with Crippen molar-refractivity contribution in [3.05, 3.63) is 16.1 Å². The van der Waals surface area contributed by atoms with Gasteiger partial charge in [-0.15, -0.1) is 11.3 Å². The molecule has 0 aliphatic rings. The average molecular weight is 212 g/mol. The van der Waals surface area contributed by atoms with Crippen molar-refractivity contribution in [3.8, 4) is 0 Å². The van der Waals surface area contributed by atoms with Gasteiger partial charge in [0, 0.05) is 11.4 Å². The lowest BCUT2D eigenvalue weighted by Gasteiger charge is -2.19. The third kappa shape index (κ3) is 3.39. The SMILES string of the molecule is CCNC(C)C(C)Cc1csc(C)n1. The first kappa shape index (κ1) is 11.7. The van der Waals surface area contributed by atoms with Crippen molar-refractivity contribution in [1.29, 1.82) is 0 Å². The van der Waals surface area contributed by atoms with E-state index in [1.807, 2.05) is 0 Å². The quantitative estimate of drug-likeness (QED) is 0.811. The van der Waals surface area contributed by atoms with Crippen LogP contribution in [0.25, 0.3) is 0 Å². The molecule has 0 amide bonds. The fourth-order valence-electron chi connectivity index (χ4n) is 1.53. The molecule has 0 aliphatic heterocycles. The summed E-state index contributed by atoms with van der Waals surface area (Å²) >= 11 is 1.74.